The second kappa shape index (κ2) is 5.75. The zero-order valence-corrected chi connectivity index (χ0v) is 10.4. The molecular formula is C12H15ClO3. The third kappa shape index (κ3) is 2.89. The van der Waals surface area contributed by atoms with Gasteiger partial charge in [0.25, 0.3) is 0 Å². The van der Waals surface area contributed by atoms with Gasteiger partial charge in [0.1, 0.15) is 11.5 Å². The van der Waals surface area contributed by atoms with Gasteiger partial charge in [-0.05, 0) is 26.8 Å². The molecule has 0 N–H and O–H groups in total. The molecule has 0 aromatic heterocycles. The molecular weight excluding hydrogens is 228 g/mol. The minimum atomic E-state index is -0.0756. The van der Waals surface area contributed by atoms with E-state index < -0.39 is 0 Å². The molecule has 4 heteroatoms. The Hall–Kier alpha value is -1.22. The van der Waals surface area contributed by atoms with Gasteiger partial charge in [0.15, 0.2) is 5.78 Å². The van der Waals surface area contributed by atoms with Gasteiger partial charge in [0, 0.05) is 6.07 Å². The summed E-state index contributed by atoms with van der Waals surface area (Å²) in [5, 5.41) is 0.426. The molecule has 16 heavy (non-hydrogen) atoms. The Labute approximate surface area is 100 Å². The fourth-order valence-electron chi connectivity index (χ4n) is 1.35. The molecule has 1 rings (SSSR count). The van der Waals surface area contributed by atoms with Crippen LogP contribution in [0.1, 0.15) is 31.1 Å². The van der Waals surface area contributed by atoms with Crippen LogP contribution in [0.3, 0.4) is 0 Å². The largest absolute Gasteiger partial charge is 0.493 e. The van der Waals surface area contributed by atoms with Crippen LogP contribution < -0.4 is 9.47 Å². The number of rotatable bonds is 5. The second-order valence-electron chi connectivity index (χ2n) is 3.20. The van der Waals surface area contributed by atoms with Crippen LogP contribution in [0.15, 0.2) is 12.1 Å². The Kier molecular flexibility index (Phi) is 4.62. The molecule has 0 amide bonds. The number of ketones is 1. The van der Waals surface area contributed by atoms with Crippen molar-refractivity contribution in [3.05, 3.63) is 22.7 Å². The summed E-state index contributed by atoms with van der Waals surface area (Å²) in [6.07, 6.45) is 0. The van der Waals surface area contributed by atoms with E-state index in [1.807, 2.05) is 13.8 Å². The fraction of sp³-hybridized carbons (Fsp3) is 0.417. The third-order valence-corrected chi connectivity index (χ3v) is 2.31. The van der Waals surface area contributed by atoms with Crippen LogP contribution in [0, 0.1) is 0 Å². The summed E-state index contributed by atoms with van der Waals surface area (Å²) in [5.41, 5.74) is 0.482. The Morgan fingerprint density at radius 3 is 2.25 bits per heavy atom. The minimum Gasteiger partial charge on any atom is -0.493 e. The lowest BCUT2D eigenvalue weighted by atomic mass is 10.1. The maximum atomic E-state index is 11.4. The van der Waals surface area contributed by atoms with Crippen LogP contribution in [0.25, 0.3) is 0 Å². The molecule has 1 aromatic carbocycles. The molecule has 0 aliphatic rings. The topological polar surface area (TPSA) is 35.5 Å². The van der Waals surface area contributed by atoms with Crippen molar-refractivity contribution in [1.82, 2.24) is 0 Å². The molecule has 88 valence electrons. The predicted molar refractivity (Wildman–Crippen MR) is 63.8 cm³/mol. The third-order valence-electron chi connectivity index (χ3n) is 2.01. The van der Waals surface area contributed by atoms with E-state index in [4.69, 9.17) is 21.1 Å². The van der Waals surface area contributed by atoms with Crippen LogP contribution in [0.4, 0.5) is 0 Å². The number of carbonyl (C=O) groups is 1. The van der Waals surface area contributed by atoms with Gasteiger partial charge in [0.05, 0.1) is 23.8 Å². The number of Topliss-reactive ketones (excluding diaryl/α,β-unsaturated/α-hetero) is 1. The van der Waals surface area contributed by atoms with E-state index in [0.717, 1.165) is 0 Å². The minimum absolute atomic E-state index is 0.0756. The van der Waals surface area contributed by atoms with Gasteiger partial charge < -0.3 is 9.47 Å². The zero-order chi connectivity index (χ0) is 12.1. The molecule has 0 aliphatic carbocycles. The van der Waals surface area contributed by atoms with Gasteiger partial charge >= 0.3 is 0 Å². The Balaban J connectivity index is 3.19. The van der Waals surface area contributed by atoms with E-state index in [2.05, 4.69) is 0 Å². The lowest BCUT2D eigenvalue weighted by Gasteiger charge is -2.12. The quantitative estimate of drug-likeness (QED) is 0.743. The van der Waals surface area contributed by atoms with Crippen molar-refractivity contribution in [2.75, 3.05) is 13.2 Å². The lowest BCUT2D eigenvalue weighted by Crippen LogP contribution is -2.02. The van der Waals surface area contributed by atoms with Gasteiger partial charge in [-0.1, -0.05) is 11.6 Å². The summed E-state index contributed by atoms with van der Waals surface area (Å²) < 4.78 is 10.7. The van der Waals surface area contributed by atoms with Crippen LogP contribution in [-0.4, -0.2) is 19.0 Å². The zero-order valence-electron chi connectivity index (χ0n) is 9.67. The maximum absolute atomic E-state index is 11.4. The first-order chi connectivity index (χ1) is 7.60. The Morgan fingerprint density at radius 2 is 1.75 bits per heavy atom. The summed E-state index contributed by atoms with van der Waals surface area (Å²) in [4.78, 5) is 11.4. The molecule has 0 saturated heterocycles. The van der Waals surface area contributed by atoms with Gasteiger partial charge in [-0.25, -0.2) is 0 Å². The predicted octanol–water partition coefficient (Wildman–Crippen LogP) is 3.34. The maximum Gasteiger partial charge on any atom is 0.163 e. The smallest absolute Gasteiger partial charge is 0.163 e. The molecule has 0 bridgehead atoms. The van der Waals surface area contributed by atoms with E-state index in [0.29, 0.717) is 35.3 Å². The van der Waals surface area contributed by atoms with Crippen molar-refractivity contribution in [3.63, 3.8) is 0 Å². The molecule has 3 nitrogen and oxygen atoms in total. The number of ether oxygens (including phenoxy) is 2. The van der Waals surface area contributed by atoms with E-state index in [9.17, 15) is 4.79 Å². The van der Waals surface area contributed by atoms with Crippen molar-refractivity contribution in [3.8, 4) is 11.5 Å². The second-order valence-corrected chi connectivity index (χ2v) is 3.61. The summed E-state index contributed by atoms with van der Waals surface area (Å²) in [6, 6.07) is 3.24. The number of carbonyl (C=O) groups excluding carboxylic acids is 1. The molecule has 0 saturated carbocycles. The first-order valence-corrected chi connectivity index (χ1v) is 5.58. The van der Waals surface area contributed by atoms with Crippen molar-refractivity contribution in [2.24, 2.45) is 0 Å². The van der Waals surface area contributed by atoms with Crippen LogP contribution >= 0.6 is 11.6 Å². The van der Waals surface area contributed by atoms with Crippen molar-refractivity contribution in [2.45, 2.75) is 20.8 Å². The lowest BCUT2D eigenvalue weighted by molar-refractivity contribution is 0.101. The fourth-order valence-corrected chi connectivity index (χ4v) is 1.57. The van der Waals surface area contributed by atoms with E-state index >= 15 is 0 Å². The van der Waals surface area contributed by atoms with Crippen molar-refractivity contribution in [1.29, 1.82) is 0 Å². The summed E-state index contributed by atoms with van der Waals surface area (Å²) >= 11 is 5.99. The van der Waals surface area contributed by atoms with E-state index in [1.165, 1.54) is 6.92 Å². The first kappa shape index (κ1) is 12.8. The van der Waals surface area contributed by atoms with Crippen molar-refractivity contribution >= 4 is 17.4 Å². The highest BCUT2D eigenvalue weighted by molar-refractivity contribution is 6.32. The molecule has 0 aliphatic heterocycles. The molecule has 0 spiro atoms. The number of hydrogen-bond donors (Lipinski definition) is 0. The molecule has 0 fully saturated rings. The van der Waals surface area contributed by atoms with Gasteiger partial charge in [-0.3, -0.25) is 4.79 Å². The van der Waals surface area contributed by atoms with Gasteiger partial charge in [-0.2, -0.15) is 0 Å². The van der Waals surface area contributed by atoms with E-state index in [1.54, 1.807) is 12.1 Å². The van der Waals surface area contributed by atoms with Crippen molar-refractivity contribution < 1.29 is 14.3 Å². The van der Waals surface area contributed by atoms with Crippen LogP contribution in [-0.2, 0) is 0 Å². The highest BCUT2D eigenvalue weighted by atomic mass is 35.5. The molecule has 1 aromatic rings. The normalized spacial score (nSPS) is 10.0. The molecule has 0 atom stereocenters. The average Bonchev–Trinajstić information content (AvgIpc) is 2.23. The standard InChI is InChI=1S/C12H15ClO3/c1-4-15-11-7-12(16-5-2)10(13)6-9(11)8(3)14/h6-7H,4-5H2,1-3H3. The summed E-state index contributed by atoms with van der Waals surface area (Å²) in [5.74, 6) is 0.980. The monoisotopic (exact) mass is 242 g/mol. The Morgan fingerprint density at radius 1 is 1.19 bits per heavy atom. The van der Waals surface area contributed by atoms with Crippen LogP contribution in [0.2, 0.25) is 5.02 Å². The Bertz CT molecular complexity index is 388. The van der Waals surface area contributed by atoms with E-state index in [-0.39, 0.29) is 5.78 Å². The van der Waals surface area contributed by atoms with Gasteiger partial charge in [0.2, 0.25) is 0 Å². The highest BCUT2D eigenvalue weighted by Gasteiger charge is 2.13. The van der Waals surface area contributed by atoms with Gasteiger partial charge in [-0.15, -0.1) is 0 Å². The summed E-state index contributed by atoms with van der Waals surface area (Å²) in [6.45, 7) is 6.22. The molecule has 0 radical (unpaired) electrons. The number of halogens is 1. The molecule has 0 heterocycles. The van der Waals surface area contributed by atoms with Crippen LogP contribution in [0.5, 0.6) is 11.5 Å². The number of hydrogen-bond acceptors (Lipinski definition) is 3. The first-order valence-electron chi connectivity index (χ1n) is 5.20. The SMILES string of the molecule is CCOc1cc(OCC)c(C(C)=O)cc1Cl. The number of benzene rings is 1. The molecule has 0 unspecified atom stereocenters. The average molecular weight is 243 g/mol. The summed E-state index contributed by atoms with van der Waals surface area (Å²) in [7, 11) is 0. The highest BCUT2D eigenvalue weighted by Crippen LogP contribution is 2.33.